The molecule has 0 bridgehead atoms. The number of ether oxygens (including phenoxy) is 3. The molecule has 0 radical (unpaired) electrons. The molecule has 78 valence electrons. The summed E-state index contributed by atoms with van der Waals surface area (Å²) in [5.41, 5.74) is 0. The molecule has 0 heterocycles. The second-order valence-electron chi connectivity index (χ2n) is 3.02. The highest BCUT2D eigenvalue weighted by Crippen LogP contribution is 2.13. The van der Waals surface area contributed by atoms with E-state index in [2.05, 4.69) is 4.74 Å². The van der Waals surface area contributed by atoms with Crippen molar-refractivity contribution in [2.24, 2.45) is 5.92 Å². The molecule has 0 aliphatic rings. The predicted octanol–water partition coefficient (Wildman–Crippen LogP) is 1.19. The molecular formula is C9H18O4. The predicted molar refractivity (Wildman–Crippen MR) is 48.2 cm³/mol. The first-order valence-corrected chi connectivity index (χ1v) is 4.26. The summed E-state index contributed by atoms with van der Waals surface area (Å²) in [5.74, 6) is 0.0100. The average Bonchev–Trinajstić information content (AvgIpc) is 2.13. The zero-order valence-corrected chi connectivity index (χ0v) is 8.70. The molecule has 0 N–H and O–H groups in total. The average molecular weight is 190 g/mol. The monoisotopic (exact) mass is 190 g/mol. The molecule has 1 atom stereocenters. The van der Waals surface area contributed by atoms with Crippen molar-refractivity contribution in [1.82, 2.24) is 0 Å². The molecule has 0 saturated heterocycles. The molecule has 1 unspecified atom stereocenters. The normalized spacial score (nSPS) is 13.0. The van der Waals surface area contributed by atoms with Crippen LogP contribution in [0.3, 0.4) is 0 Å². The zero-order chi connectivity index (χ0) is 10.3. The lowest BCUT2D eigenvalue weighted by atomic mass is 10.0. The van der Waals surface area contributed by atoms with E-state index in [0.717, 1.165) is 0 Å². The smallest absolute Gasteiger partial charge is 0.305 e. The Balaban J connectivity index is 3.71. The van der Waals surface area contributed by atoms with Gasteiger partial charge >= 0.3 is 5.97 Å². The molecule has 0 saturated carbocycles. The fourth-order valence-electron chi connectivity index (χ4n) is 1.07. The van der Waals surface area contributed by atoms with Crippen molar-refractivity contribution in [3.8, 4) is 0 Å². The number of methoxy groups -OCH3 is 3. The molecule has 0 aromatic heterocycles. The largest absolute Gasteiger partial charge is 0.469 e. The maximum atomic E-state index is 10.9. The summed E-state index contributed by atoms with van der Waals surface area (Å²) in [7, 11) is 4.55. The summed E-state index contributed by atoms with van der Waals surface area (Å²) in [6, 6.07) is 0. The standard InChI is InChI=1S/C9H18O4/c1-7(5-8(10)11-2)6-9(12-3)13-4/h7,9H,5-6H2,1-4H3. The highest BCUT2D eigenvalue weighted by atomic mass is 16.7. The third-order valence-corrected chi connectivity index (χ3v) is 1.86. The van der Waals surface area contributed by atoms with E-state index in [1.807, 2.05) is 6.92 Å². The SMILES string of the molecule is COC(=O)CC(C)CC(OC)OC. The summed E-state index contributed by atoms with van der Waals surface area (Å²) in [4.78, 5) is 10.9. The lowest BCUT2D eigenvalue weighted by Gasteiger charge is -2.17. The van der Waals surface area contributed by atoms with Crippen LogP contribution >= 0.6 is 0 Å². The molecule has 0 aliphatic heterocycles. The molecular weight excluding hydrogens is 172 g/mol. The van der Waals surface area contributed by atoms with Gasteiger partial charge in [0.05, 0.1) is 7.11 Å². The van der Waals surface area contributed by atoms with Crippen LogP contribution in [0.5, 0.6) is 0 Å². The van der Waals surface area contributed by atoms with Crippen molar-refractivity contribution >= 4 is 5.97 Å². The van der Waals surface area contributed by atoms with Crippen LogP contribution in [0.2, 0.25) is 0 Å². The Hall–Kier alpha value is -0.610. The van der Waals surface area contributed by atoms with Crippen LogP contribution in [-0.2, 0) is 19.0 Å². The highest BCUT2D eigenvalue weighted by molar-refractivity contribution is 5.69. The Morgan fingerprint density at radius 2 is 1.77 bits per heavy atom. The van der Waals surface area contributed by atoms with Gasteiger partial charge in [-0.25, -0.2) is 0 Å². The molecule has 0 aliphatic carbocycles. The van der Waals surface area contributed by atoms with Crippen molar-refractivity contribution in [3.63, 3.8) is 0 Å². The quantitative estimate of drug-likeness (QED) is 0.466. The summed E-state index contributed by atoms with van der Waals surface area (Å²) in [6.45, 7) is 1.96. The lowest BCUT2D eigenvalue weighted by molar-refractivity contribution is -0.143. The molecule has 4 heteroatoms. The van der Waals surface area contributed by atoms with Gasteiger partial charge in [0, 0.05) is 27.1 Å². The number of hydrogen-bond acceptors (Lipinski definition) is 4. The molecule has 0 rings (SSSR count). The van der Waals surface area contributed by atoms with E-state index in [9.17, 15) is 4.79 Å². The molecule has 0 aromatic carbocycles. The lowest BCUT2D eigenvalue weighted by Crippen LogP contribution is -2.18. The number of hydrogen-bond donors (Lipinski definition) is 0. The van der Waals surface area contributed by atoms with E-state index in [1.165, 1.54) is 7.11 Å². The number of carbonyl (C=O) groups is 1. The van der Waals surface area contributed by atoms with E-state index in [4.69, 9.17) is 9.47 Å². The van der Waals surface area contributed by atoms with Gasteiger partial charge in [-0.1, -0.05) is 6.92 Å². The fourth-order valence-corrected chi connectivity index (χ4v) is 1.07. The third kappa shape index (κ3) is 5.60. The molecule has 13 heavy (non-hydrogen) atoms. The zero-order valence-electron chi connectivity index (χ0n) is 8.70. The Morgan fingerprint density at radius 1 is 1.23 bits per heavy atom. The van der Waals surface area contributed by atoms with Gasteiger partial charge in [0.2, 0.25) is 0 Å². The Morgan fingerprint density at radius 3 is 2.15 bits per heavy atom. The number of rotatable bonds is 6. The maximum absolute atomic E-state index is 10.9. The van der Waals surface area contributed by atoms with E-state index in [-0.39, 0.29) is 18.2 Å². The second kappa shape index (κ2) is 6.86. The van der Waals surface area contributed by atoms with Crippen molar-refractivity contribution in [2.45, 2.75) is 26.1 Å². The first-order chi connectivity index (χ1) is 6.13. The van der Waals surface area contributed by atoms with Gasteiger partial charge in [0.15, 0.2) is 6.29 Å². The minimum atomic E-state index is -0.236. The van der Waals surface area contributed by atoms with Gasteiger partial charge in [-0.05, 0) is 5.92 Å². The summed E-state index contributed by atoms with van der Waals surface area (Å²) >= 11 is 0. The maximum Gasteiger partial charge on any atom is 0.305 e. The molecule has 4 nitrogen and oxygen atoms in total. The van der Waals surface area contributed by atoms with Gasteiger partial charge in [-0.3, -0.25) is 4.79 Å². The highest BCUT2D eigenvalue weighted by Gasteiger charge is 2.14. The topological polar surface area (TPSA) is 44.8 Å². The Labute approximate surface area is 79.2 Å². The van der Waals surface area contributed by atoms with Crippen molar-refractivity contribution < 1.29 is 19.0 Å². The number of carbonyl (C=O) groups excluding carboxylic acids is 1. The summed E-state index contributed by atoms with van der Waals surface area (Å²) < 4.78 is 14.6. The fraction of sp³-hybridized carbons (Fsp3) is 0.889. The third-order valence-electron chi connectivity index (χ3n) is 1.86. The minimum absolute atomic E-state index is 0.196. The van der Waals surface area contributed by atoms with Crippen LogP contribution in [0, 0.1) is 5.92 Å². The Kier molecular flexibility index (Phi) is 6.54. The van der Waals surface area contributed by atoms with Crippen LogP contribution < -0.4 is 0 Å². The second-order valence-corrected chi connectivity index (χ2v) is 3.02. The van der Waals surface area contributed by atoms with Gasteiger partial charge < -0.3 is 14.2 Å². The van der Waals surface area contributed by atoms with E-state index in [1.54, 1.807) is 14.2 Å². The van der Waals surface area contributed by atoms with Gasteiger partial charge in [-0.15, -0.1) is 0 Å². The van der Waals surface area contributed by atoms with Crippen LogP contribution in [0.1, 0.15) is 19.8 Å². The van der Waals surface area contributed by atoms with Crippen molar-refractivity contribution in [3.05, 3.63) is 0 Å². The van der Waals surface area contributed by atoms with Gasteiger partial charge in [-0.2, -0.15) is 0 Å². The van der Waals surface area contributed by atoms with Crippen LogP contribution in [-0.4, -0.2) is 33.6 Å². The first-order valence-electron chi connectivity index (χ1n) is 4.26. The van der Waals surface area contributed by atoms with Crippen molar-refractivity contribution in [1.29, 1.82) is 0 Å². The van der Waals surface area contributed by atoms with E-state index < -0.39 is 0 Å². The van der Waals surface area contributed by atoms with Crippen LogP contribution in [0.15, 0.2) is 0 Å². The van der Waals surface area contributed by atoms with Crippen LogP contribution in [0.25, 0.3) is 0 Å². The summed E-state index contributed by atoms with van der Waals surface area (Å²) in [6.07, 6.45) is 0.863. The Bertz CT molecular complexity index is 143. The van der Waals surface area contributed by atoms with Gasteiger partial charge in [0.1, 0.15) is 0 Å². The molecule has 0 amide bonds. The van der Waals surface area contributed by atoms with Crippen LogP contribution in [0.4, 0.5) is 0 Å². The molecule has 0 fully saturated rings. The van der Waals surface area contributed by atoms with Gasteiger partial charge in [0.25, 0.3) is 0 Å². The van der Waals surface area contributed by atoms with E-state index in [0.29, 0.717) is 12.8 Å². The number of esters is 1. The molecule has 0 aromatic rings. The van der Waals surface area contributed by atoms with E-state index >= 15 is 0 Å². The minimum Gasteiger partial charge on any atom is -0.469 e. The van der Waals surface area contributed by atoms with Crippen molar-refractivity contribution in [2.75, 3.05) is 21.3 Å². The first kappa shape index (κ1) is 12.4. The summed E-state index contributed by atoms with van der Waals surface area (Å²) in [5, 5.41) is 0. The molecule has 0 spiro atoms.